The first kappa shape index (κ1) is 23.0. The van der Waals surface area contributed by atoms with E-state index in [2.05, 4.69) is 18.0 Å². The standard InChI is InChI=1S/C26H27NO5/c1-18-22(17-32-23-10-8-21(16-28)9-11-23)6-4-7-24(18)25-12-13-26(27-19(25)2)31-15-5-14-30-20(3)29/h4,6-13,16H,5,14-15,17H2,1-3H3. The predicted octanol–water partition coefficient (Wildman–Crippen LogP) is 5.09. The van der Waals surface area contributed by atoms with E-state index in [1.54, 1.807) is 24.3 Å². The smallest absolute Gasteiger partial charge is 0.302 e. The van der Waals surface area contributed by atoms with Gasteiger partial charge in [-0.2, -0.15) is 0 Å². The summed E-state index contributed by atoms with van der Waals surface area (Å²) in [5.74, 6) is 0.973. The number of hydrogen-bond acceptors (Lipinski definition) is 6. The van der Waals surface area contributed by atoms with Crippen molar-refractivity contribution in [2.24, 2.45) is 0 Å². The average Bonchev–Trinajstić information content (AvgIpc) is 2.79. The van der Waals surface area contributed by atoms with Crippen LogP contribution in [0.5, 0.6) is 11.6 Å². The minimum Gasteiger partial charge on any atom is -0.489 e. The molecule has 6 nitrogen and oxygen atoms in total. The molecule has 32 heavy (non-hydrogen) atoms. The molecule has 0 aliphatic rings. The predicted molar refractivity (Wildman–Crippen MR) is 122 cm³/mol. The number of aldehydes is 1. The van der Waals surface area contributed by atoms with Gasteiger partial charge in [0.2, 0.25) is 5.88 Å². The van der Waals surface area contributed by atoms with Crippen LogP contribution in [-0.2, 0) is 16.1 Å². The van der Waals surface area contributed by atoms with Crippen molar-refractivity contribution in [3.8, 4) is 22.8 Å². The third kappa shape index (κ3) is 6.17. The normalized spacial score (nSPS) is 10.5. The van der Waals surface area contributed by atoms with Crippen molar-refractivity contribution in [2.45, 2.75) is 33.8 Å². The SMILES string of the molecule is CC(=O)OCCCOc1ccc(-c2cccc(COc3ccc(C=O)cc3)c2C)c(C)n1. The van der Waals surface area contributed by atoms with Gasteiger partial charge in [0.25, 0.3) is 0 Å². The number of nitrogens with zero attached hydrogens (tertiary/aromatic N) is 1. The second-order valence-corrected chi connectivity index (χ2v) is 7.39. The molecular formula is C26H27NO5. The summed E-state index contributed by atoms with van der Waals surface area (Å²) in [5.41, 5.74) is 5.81. The lowest BCUT2D eigenvalue weighted by atomic mass is 9.96. The molecule has 0 amide bonds. The molecule has 2 aromatic carbocycles. The van der Waals surface area contributed by atoms with Crippen molar-refractivity contribution in [1.82, 2.24) is 4.98 Å². The molecule has 6 heteroatoms. The molecule has 0 unspecified atom stereocenters. The molecule has 1 heterocycles. The van der Waals surface area contributed by atoms with Crippen LogP contribution in [0.15, 0.2) is 54.6 Å². The van der Waals surface area contributed by atoms with Gasteiger partial charge < -0.3 is 14.2 Å². The Kier molecular flexibility index (Phi) is 7.97. The quantitative estimate of drug-likeness (QED) is 0.252. The maximum absolute atomic E-state index is 10.8. The van der Waals surface area contributed by atoms with Crippen molar-refractivity contribution in [3.05, 3.63) is 77.0 Å². The number of pyridine rings is 1. The molecule has 3 aromatic rings. The van der Waals surface area contributed by atoms with Gasteiger partial charge >= 0.3 is 5.97 Å². The average molecular weight is 434 g/mol. The molecule has 0 fully saturated rings. The highest BCUT2D eigenvalue weighted by atomic mass is 16.5. The molecule has 166 valence electrons. The summed E-state index contributed by atoms with van der Waals surface area (Å²) in [7, 11) is 0. The molecule has 0 saturated carbocycles. The van der Waals surface area contributed by atoms with E-state index in [1.807, 2.05) is 31.2 Å². The number of benzene rings is 2. The lowest BCUT2D eigenvalue weighted by Gasteiger charge is -2.15. The lowest BCUT2D eigenvalue weighted by Crippen LogP contribution is -2.07. The second kappa shape index (κ2) is 11.1. The number of hydrogen-bond donors (Lipinski definition) is 0. The van der Waals surface area contributed by atoms with E-state index in [4.69, 9.17) is 14.2 Å². The van der Waals surface area contributed by atoms with E-state index < -0.39 is 0 Å². The second-order valence-electron chi connectivity index (χ2n) is 7.39. The zero-order chi connectivity index (χ0) is 22.9. The van der Waals surface area contributed by atoms with Crippen LogP contribution in [0.25, 0.3) is 11.1 Å². The van der Waals surface area contributed by atoms with Crippen LogP contribution in [0.2, 0.25) is 0 Å². The van der Waals surface area contributed by atoms with E-state index in [-0.39, 0.29) is 5.97 Å². The van der Waals surface area contributed by atoms with Gasteiger partial charge in [-0.1, -0.05) is 18.2 Å². The zero-order valence-electron chi connectivity index (χ0n) is 18.6. The van der Waals surface area contributed by atoms with Crippen LogP contribution in [-0.4, -0.2) is 30.5 Å². The number of rotatable bonds is 10. The van der Waals surface area contributed by atoms with Gasteiger partial charge in [-0.05, 0) is 60.9 Å². The molecule has 0 bridgehead atoms. The van der Waals surface area contributed by atoms with Crippen LogP contribution in [0.1, 0.15) is 40.5 Å². The highest BCUT2D eigenvalue weighted by molar-refractivity contribution is 5.74. The van der Waals surface area contributed by atoms with Crippen molar-refractivity contribution < 1.29 is 23.8 Å². The van der Waals surface area contributed by atoms with Crippen LogP contribution in [0.4, 0.5) is 0 Å². The number of aromatic nitrogens is 1. The van der Waals surface area contributed by atoms with Gasteiger partial charge in [-0.15, -0.1) is 0 Å². The van der Waals surface area contributed by atoms with Crippen molar-refractivity contribution >= 4 is 12.3 Å². The first-order valence-electron chi connectivity index (χ1n) is 10.5. The maximum atomic E-state index is 10.8. The Morgan fingerprint density at radius 2 is 1.72 bits per heavy atom. The monoisotopic (exact) mass is 433 g/mol. The van der Waals surface area contributed by atoms with Crippen LogP contribution < -0.4 is 9.47 Å². The van der Waals surface area contributed by atoms with Gasteiger partial charge in [0.1, 0.15) is 18.6 Å². The largest absolute Gasteiger partial charge is 0.489 e. The number of aryl methyl sites for hydroxylation is 1. The molecule has 0 spiro atoms. The number of carbonyl (C=O) groups is 2. The molecule has 3 rings (SSSR count). The van der Waals surface area contributed by atoms with Crippen molar-refractivity contribution in [1.29, 1.82) is 0 Å². The van der Waals surface area contributed by atoms with Gasteiger partial charge in [-0.25, -0.2) is 4.98 Å². The van der Waals surface area contributed by atoms with Crippen LogP contribution in [0, 0.1) is 13.8 Å². The van der Waals surface area contributed by atoms with E-state index >= 15 is 0 Å². The molecule has 1 aromatic heterocycles. The van der Waals surface area contributed by atoms with Gasteiger partial charge in [-0.3, -0.25) is 9.59 Å². The fourth-order valence-corrected chi connectivity index (χ4v) is 3.29. The Labute approximate surface area is 188 Å². The summed E-state index contributed by atoms with van der Waals surface area (Å²) in [6.07, 6.45) is 1.42. The van der Waals surface area contributed by atoms with Gasteiger partial charge in [0, 0.05) is 36.2 Å². The maximum Gasteiger partial charge on any atom is 0.302 e. The summed E-state index contributed by atoms with van der Waals surface area (Å²) >= 11 is 0. The Morgan fingerprint density at radius 1 is 0.938 bits per heavy atom. The molecular weight excluding hydrogens is 406 g/mol. The minimum absolute atomic E-state index is 0.290. The Hall–Kier alpha value is -3.67. The summed E-state index contributed by atoms with van der Waals surface area (Å²) in [6, 6.07) is 17.0. The summed E-state index contributed by atoms with van der Waals surface area (Å²) < 4.78 is 16.5. The van der Waals surface area contributed by atoms with Gasteiger partial charge in [0.05, 0.1) is 13.2 Å². The Balaban J connectivity index is 1.66. The van der Waals surface area contributed by atoms with Crippen LogP contribution >= 0.6 is 0 Å². The van der Waals surface area contributed by atoms with E-state index in [1.165, 1.54) is 6.92 Å². The fraction of sp³-hybridized carbons (Fsp3) is 0.269. The van der Waals surface area contributed by atoms with Crippen molar-refractivity contribution in [3.63, 3.8) is 0 Å². The van der Waals surface area contributed by atoms with E-state index in [0.29, 0.717) is 43.4 Å². The molecule has 0 radical (unpaired) electrons. The molecule has 0 aliphatic heterocycles. The topological polar surface area (TPSA) is 74.7 Å². The third-order valence-electron chi connectivity index (χ3n) is 5.05. The minimum atomic E-state index is -0.290. The number of esters is 1. The van der Waals surface area contributed by atoms with Gasteiger partial charge in [0.15, 0.2) is 0 Å². The van der Waals surface area contributed by atoms with Crippen molar-refractivity contribution in [2.75, 3.05) is 13.2 Å². The van der Waals surface area contributed by atoms with E-state index in [9.17, 15) is 9.59 Å². The summed E-state index contributed by atoms with van der Waals surface area (Å²) in [5, 5.41) is 0. The highest BCUT2D eigenvalue weighted by Gasteiger charge is 2.11. The van der Waals surface area contributed by atoms with E-state index in [0.717, 1.165) is 34.2 Å². The molecule has 0 saturated heterocycles. The molecule has 0 aliphatic carbocycles. The molecule has 0 atom stereocenters. The zero-order valence-corrected chi connectivity index (χ0v) is 18.6. The first-order chi connectivity index (χ1) is 15.5. The third-order valence-corrected chi connectivity index (χ3v) is 5.05. The number of ether oxygens (including phenoxy) is 3. The number of carbonyl (C=O) groups excluding carboxylic acids is 2. The Morgan fingerprint density at radius 3 is 2.41 bits per heavy atom. The van der Waals surface area contributed by atoms with Crippen LogP contribution in [0.3, 0.4) is 0 Å². The Bertz CT molecular complexity index is 1080. The lowest BCUT2D eigenvalue weighted by molar-refractivity contribution is -0.141. The summed E-state index contributed by atoms with van der Waals surface area (Å²) in [6.45, 7) is 6.61. The fourth-order valence-electron chi connectivity index (χ4n) is 3.29. The molecule has 0 N–H and O–H groups in total. The first-order valence-corrected chi connectivity index (χ1v) is 10.5. The highest BCUT2D eigenvalue weighted by Crippen LogP contribution is 2.29. The summed E-state index contributed by atoms with van der Waals surface area (Å²) in [4.78, 5) is 26.2.